The molecule has 1 aromatic carbocycles. The first kappa shape index (κ1) is 20.3. The highest BCUT2D eigenvalue weighted by molar-refractivity contribution is 5.80. The highest BCUT2D eigenvalue weighted by Crippen LogP contribution is 2.18. The van der Waals surface area contributed by atoms with E-state index in [-0.39, 0.29) is 6.04 Å². The number of nitrogens with zero attached hydrogens (tertiary/aromatic N) is 1. The first-order valence-electron chi connectivity index (χ1n) is 8.83. The molecular formula is C19H33N3O2. The quantitative estimate of drug-likeness (QED) is 0.391. The topological polar surface area (TPSA) is 54.9 Å². The Morgan fingerprint density at radius 2 is 1.88 bits per heavy atom. The first-order valence-corrected chi connectivity index (χ1v) is 8.83. The molecular weight excluding hydrogens is 302 g/mol. The van der Waals surface area contributed by atoms with Crippen molar-refractivity contribution in [3.8, 4) is 5.75 Å². The van der Waals surface area contributed by atoms with Crippen LogP contribution in [0.2, 0.25) is 0 Å². The first-order chi connectivity index (χ1) is 11.6. The summed E-state index contributed by atoms with van der Waals surface area (Å²) in [5.41, 5.74) is 1.20. The summed E-state index contributed by atoms with van der Waals surface area (Å²) in [4.78, 5) is 4.57. The Labute approximate surface area is 146 Å². The van der Waals surface area contributed by atoms with Crippen molar-refractivity contribution in [2.45, 2.75) is 40.2 Å². The number of methoxy groups -OCH3 is 1. The lowest BCUT2D eigenvalue weighted by molar-refractivity contribution is 0.197. The minimum atomic E-state index is 0.171. The third-order valence-electron chi connectivity index (χ3n) is 3.44. The number of guanidine groups is 1. The fraction of sp³-hybridized carbons (Fsp3) is 0.632. The van der Waals surface area contributed by atoms with Crippen LogP contribution in [0.1, 0.15) is 45.7 Å². The molecule has 1 unspecified atom stereocenters. The molecule has 5 heteroatoms. The maximum absolute atomic E-state index is 5.73. The molecule has 0 aliphatic rings. The molecule has 0 fully saturated rings. The predicted octanol–water partition coefficient (Wildman–Crippen LogP) is 3.37. The maximum atomic E-state index is 5.73. The van der Waals surface area contributed by atoms with Gasteiger partial charge in [0.25, 0.3) is 0 Å². The fourth-order valence-corrected chi connectivity index (χ4v) is 2.12. The van der Waals surface area contributed by atoms with Crippen molar-refractivity contribution in [1.82, 2.24) is 10.6 Å². The summed E-state index contributed by atoms with van der Waals surface area (Å²) >= 11 is 0. The smallest absolute Gasteiger partial charge is 0.191 e. The van der Waals surface area contributed by atoms with Gasteiger partial charge in [0.2, 0.25) is 0 Å². The second kappa shape index (κ2) is 11.7. The van der Waals surface area contributed by atoms with Gasteiger partial charge in [-0.25, -0.2) is 0 Å². The van der Waals surface area contributed by atoms with Crippen LogP contribution in [-0.4, -0.2) is 39.4 Å². The lowest BCUT2D eigenvalue weighted by Gasteiger charge is -2.18. The van der Waals surface area contributed by atoms with Gasteiger partial charge in [0.15, 0.2) is 5.96 Å². The second-order valence-electron chi connectivity index (χ2n) is 6.25. The predicted molar refractivity (Wildman–Crippen MR) is 101 cm³/mol. The van der Waals surface area contributed by atoms with Crippen LogP contribution in [0, 0.1) is 5.92 Å². The van der Waals surface area contributed by atoms with E-state index in [1.165, 1.54) is 5.56 Å². The van der Waals surface area contributed by atoms with Crippen LogP contribution < -0.4 is 15.4 Å². The average Bonchev–Trinajstić information content (AvgIpc) is 2.57. The number of hydrogen-bond acceptors (Lipinski definition) is 3. The van der Waals surface area contributed by atoms with Gasteiger partial charge in [-0.3, -0.25) is 4.99 Å². The molecule has 1 rings (SSSR count). The molecule has 0 saturated heterocycles. The zero-order valence-electron chi connectivity index (χ0n) is 15.8. The van der Waals surface area contributed by atoms with Gasteiger partial charge >= 0.3 is 0 Å². The van der Waals surface area contributed by atoms with Gasteiger partial charge in [-0.15, -0.1) is 0 Å². The molecule has 0 spiro atoms. The van der Waals surface area contributed by atoms with Gasteiger partial charge in [-0.05, 0) is 43.9 Å². The normalized spacial score (nSPS) is 13.0. The van der Waals surface area contributed by atoms with Gasteiger partial charge in [0.1, 0.15) is 5.75 Å². The Morgan fingerprint density at radius 1 is 1.17 bits per heavy atom. The molecule has 0 aliphatic heterocycles. The zero-order valence-corrected chi connectivity index (χ0v) is 15.8. The van der Waals surface area contributed by atoms with Gasteiger partial charge < -0.3 is 20.1 Å². The van der Waals surface area contributed by atoms with E-state index in [0.29, 0.717) is 5.92 Å². The van der Waals surface area contributed by atoms with Gasteiger partial charge in [0.05, 0.1) is 12.6 Å². The molecule has 0 heterocycles. The molecule has 0 saturated carbocycles. The Hall–Kier alpha value is -1.75. The van der Waals surface area contributed by atoms with Crippen molar-refractivity contribution < 1.29 is 9.47 Å². The third-order valence-corrected chi connectivity index (χ3v) is 3.44. The van der Waals surface area contributed by atoms with Crippen LogP contribution in [0.25, 0.3) is 0 Å². The minimum Gasteiger partial charge on any atom is -0.493 e. The molecule has 0 aromatic heterocycles. The SMILES string of the molecule is CCNC(=NCCCOC)NC(C)c1ccc(OCC(C)C)cc1. The molecule has 136 valence electrons. The number of ether oxygens (including phenoxy) is 2. The summed E-state index contributed by atoms with van der Waals surface area (Å²) in [5, 5.41) is 6.72. The highest BCUT2D eigenvalue weighted by atomic mass is 16.5. The van der Waals surface area contributed by atoms with E-state index < -0.39 is 0 Å². The maximum Gasteiger partial charge on any atom is 0.191 e. The molecule has 0 aliphatic carbocycles. The number of benzene rings is 1. The number of rotatable bonds is 10. The summed E-state index contributed by atoms with van der Waals surface area (Å²) in [6.45, 7) is 11.6. The number of hydrogen-bond donors (Lipinski definition) is 2. The lowest BCUT2D eigenvalue weighted by Crippen LogP contribution is -2.38. The van der Waals surface area contributed by atoms with Crippen molar-refractivity contribution in [1.29, 1.82) is 0 Å². The number of nitrogens with one attached hydrogen (secondary N) is 2. The lowest BCUT2D eigenvalue weighted by atomic mass is 10.1. The van der Waals surface area contributed by atoms with E-state index in [4.69, 9.17) is 9.47 Å². The van der Waals surface area contributed by atoms with Crippen molar-refractivity contribution in [2.75, 3.05) is 33.4 Å². The van der Waals surface area contributed by atoms with Crippen molar-refractivity contribution in [2.24, 2.45) is 10.9 Å². The van der Waals surface area contributed by atoms with Gasteiger partial charge in [-0.2, -0.15) is 0 Å². The van der Waals surface area contributed by atoms with Gasteiger partial charge in [-0.1, -0.05) is 26.0 Å². The second-order valence-corrected chi connectivity index (χ2v) is 6.25. The molecule has 2 N–H and O–H groups in total. The Kier molecular flexibility index (Phi) is 9.92. The largest absolute Gasteiger partial charge is 0.493 e. The summed E-state index contributed by atoms with van der Waals surface area (Å²) in [5.74, 6) is 2.28. The van der Waals surface area contributed by atoms with Crippen LogP contribution in [0.15, 0.2) is 29.3 Å². The van der Waals surface area contributed by atoms with Crippen LogP contribution in [0.3, 0.4) is 0 Å². The molecule has 0 amide bonds. The van der Waals surface area contributed by atoms with Crippen molar-refractivity contribution in [3.63, 3.8) is 0 Å². The fourth-order valence-electron chi connectivity index (χ4n) is 2.12. The van der Waals surface area contributed by atoms with E-state index in [2.05, 4.69) is 55.5 Å². The average molecular weight is 335 g/mol. The van der Waals surface area contributed by atoms with Crippen molar-refractivity contribution >= 4 is 5.96 Å². The summed E-state index contributed by atoms with van der Waals surface area (Å²) < 4.78 is 10.8. The highest BCUT2D eigenvalue weighted by Gasteiger charge is 2.08. The monoisotopic (exact) mass is 335 g/mol. The molecule has 5 nitrogen and oxygen atoms in total. The summed E-state index contributed by atoms with van der Waals surface area (Å²) in [6.07, 6.45) is 0.920. The summed E-state index contributed by atoms with van der Waals surface area (Å²) in [7, 11) is 1.71. The Morgan fingerprint density at radius 3 is 2.46 bits per heavy atom. The van der Waals surface area contributed by atoms with E-state index in [1.54, 1.807) is 7.11 Å². The zero-order chi connectivity index (χ0) is 17.8. The molecule has 1 aromatic rings. The van der Waals surface area contributed by atoms with Crippen molar-refractivity contribution in [3.05, 3.63) is 29.8 Å². The van der Waals surface area contributed by atoms with Crippen LogP contribution >= 0.6 is 0 Å². The van der Waals surface area contributed by atoms with E-state index >= 15 is 0 Å². The van der Waals surface area contributed by atoms with Crippen LogP contribution in [0.5, 0.6) is 5.75 Å². The van der Waals surface area contributed by atoms with E-state index in [9.17, 15) is 0 Å². The third kappa shape index (κ3) is 8.20. The van der Waals surface area contributed by atoms with E-state index in [1.807, 2.05) is 12.1 Å². The standard InChI is InChI=1S/C19H33N3O2/c1-6-20-19(21-12-7-13-23-5)22-16(4)17-8-10-18(11-9-17)24-14-15(2)3/h8-11,15-16H,6-7,12-14H2,1-5H3,(H2,20,21,22). The minimum absolute atomic E-state index is 0.171. The molecule has 1 atom stereocenters. The number of aliphatic imine (C=N–C) groups is 1. The summed E-state index contributed by atoms with van der Waals surface area (Å²) in [6, 6.07) is 8.42. The molecule has 24 heavy (non-hydrogen) atoms. The molecule has 0 radical (unpaired) electrons. The van der Waals surface area contributed by atoms with Crippen LogP contribution in [0.4, 0.5) is 0 Å². The van der Waals surface area contributed by atoms with Crippen LogP contribution in [-0.2, 0) is 4.74 Å². The Balaban J connectivity index is 2.58. The Bertz CT molecular complexity index is 472. The molecule has 0 bridgehead atoms. The van der Waals surface area contributed by atoms with E-state index in [0.717, 1.165) is 44.4 Å². The van der Waals surface area contributed by atoms with Gasteiger partial charge in [0, 0.05) is 26.8 Å².